The van der Waals surface area contributed by atoms with Crippen LogP contribution in [0.1, 0.15) is 33.6 Å². The number of ether oxygens (including phenoxy) is 2. The summed E-state index contributed by atoms with van der Waals surface area (Å²) in [5, 5.41) is 3.42. The maximum Gasteiger partial charge on any atom is 0.162 e. The molecule has 84 valence electrons. The van der Waals surface area contributed by atoms with Crippen molar-refractivity contribution in [2.75, 3.05) is 26.3 Å². The van der Waals surface area contributed by atoms with Crippen LogP contribution < -0.4 is 5.32 Å². The normalized spacial score (nSPS) is 22.5. The lowest BCUT2D eigenvalue weighted by molar-refractivity contribution is -0.261. The van der Waals surface area contributed by atoms with Gasteiger partial charge in [-0.25, -0.2) is 0 Å². The van der Waals surface area contributed by atoms with Gasteiger partial charge in [0.2, 0.25) is 0 Å². The van der Waals surface area contributed by atoms with Crippen molar-refractivity contribution in [2.45, 2.75) is 39.4 Å². The summed E-state index contributed by atoms with van der Waals surface area (Å²) in [6.07, 6.45) is 2.50. The highest BCUT2D eigenvalue weighted by Gasteiger charge is 2.27. The third-order valence-corrected chi connectivity index (χ3v) is 2.47. The quantitative estimate of drug-likeness (QED) is 0.688. The Morgan fingerprint density at radius 1 is 1.29 bits per heavy atom. The van der Waals surface area contributed by atoms with Crippen LogP contribution in [0.2, 0.25) is 0 Å². The molecule has 0 spiro atoms. The fraction of sp³-hybridized carbons (Fsp3) is 1.00. The molecule has 1 rings (SSSR count). The average Bonchev–Trinajstić information content (AvgIpc) is 2.15. The molecule has 0 aromatic rings. The smallest absolute Gasteiger partial charge is 0.162 e. The largest absolute Gasteiger partial charge is 0.350 e. The van der Waals surface area contributed by atoms with Crippen molar-refractivity contribution in [1.29, 1.82) is 0 Å². The molecule has 3 heteroatoms. The third-order valence-electron chi connectivity index (χ3n) is 2.47. The van der Waals surface area contributed by atoms with E-state index < -0.39 is 0 Å². The maximum absolute atomic E-state index is 5.57. The van der Waals surface area contributed by atoms with Crippen LogP contribution in [-0.4, -0.2) is 32.1 Å². The van der Waals surface area contributed by atoms with Crippen molar-refractivity contribution in [1.82, 2.24) is 5.32 Å². The highest BCUT2D eigenvalue weighted by atomic mass is 16.7. The fourth-order valence-corrected chi connectivity index (χ4v) is 1.45. The lowest BCUT2D eigenvalue weighted by atomic mass is 10.1. The van der Waals surface area contributed by atoms with Gasteiger partial charge >= 0.3 is 0 Å². The number of hydrogen-bond donors (Lipinski definition) is 1. The van der Waals surface area contributed by atoms with E-state index in [1.807, 2.05) is 13.8 Å². The van der Waals surface area contributed by atoms with Gasteiger partial charge in [-0.15, -0.1) is 0 Å². The Kier molecular flexibility index (Phi) is 4.85. The Labute approximate surface area is 87.2 Å². The predicted molar refractivity (Wildman–Crippen MR) is 57.3 cm³/mol. The highest BCUT2D eigenvalue weighted by molar-refractivity contribution is 4.69. The summed E-state index contributed by atoms with van der Waals surface area (Å²) >= 11 is 0. The van der Waals surface area contributed by atoms with Gasteiger partial charge in [-0.1, -0.05) is 13.3 Å². The zero-order chi connectivity index (χ0) is 10.4. The molecule has 0 saturated carbocycles. The molecule has 0 bridgehead atoms. The molecule has 1 fully saturated rings. The third kappa shape index (κ3) is 4.40. The van der Waals surface area contributed by atoms with Gasteiger partial charge in [0, 0.05) is 12.5 Å². The first-order valence-corrected chi connectivity index (χ1v) is 5.62. The summed E-state index contributed by atoms with van der Waals surface area (Å²) in [7, 11) is 0. The standard InChI is InChI=1S/C11H23NO2/c1-4-5-6-12-7-10-8-13-11(2,3)14-9-10/h10,12H,4-9H2,1-3H3. The van der Waals surface area contributed by atoms with Crippen molar-refractivity contribution < 1.29 is 9.47 Å². The van der Waals surface area contributed by atoms with Gasteiger partial charge in [0.05, 0.1) is 13.2 Å². The van der Waals surface area contributed by atoms with Crippen molar-refractivity contribution in [3.05, 3.63) is 0 Å². The summed E-state index contributed by atoms with van der Waals surface area (Å²) in [5.74, 6) is 0.139. The topological polar surface area (TPSA) is 30.5 Å². The molecular formula is C11H23NO2. The summed E-state index contributed by atoms with van der Waals surface area (Å²) < 4.78 is 11.1. The van der Waals surface area contributed by atoms with E-state index in [0.29, 0.717) is 5.92 Å². The Hall–Kier alpha value is -0.120. The number of hydrogen-bond acceptors (Lipinski definition) is 3. The number of rotatable bonds is 5. The van der Waals surface area contributed by atoms with E-state index in [4.69, 9.17) is 9.47 Å². The van der Waals surface area contributed by atoms with Crippen LogP contribution in [0.3, 0.4) is 0 Å². The molecule has 3 nitrogen and oxygen atoms in total. The average molecular weight is 201 g/mol. The molecule has 1 N–H and O–H groups in total. The molecule has 1 heterocycles. The Morgan fingerprint density at radius 3 is 2.50 bits per heavy atom. The Morgan fingerprint density at radius 2 is 1.93 bits per heavy atom. The van der Waals surface area contributed by atoms with Crippen LogP contribution in [0.25, 0.3) is 0 Å². The van der Waals surface area contributed by atoms with Crippen LogP contribution in [0, 0.1) is 5.92 Å². The van der Waals surface area contributed by atoms with Gasteiger partial charge in [0.25, 0.3) is 0 Å². The van der Waals surface area contributed by atoms with Gasteiger partial charge < -0.3 is 14.8 Å². The second kappa shape index (κ2) is 5.69. The maximum atomic E-state index is 5.57. The lowest BCUT2D eigenvalue weighted by Gasteiger charge is -2.35. The van der Waals surface area contributed by atoms with Crippen LogP contribution in [0.15, 0.2) is 0 Å². The van der Waals surface area contributed by atoms with Crippen LogP contribution in [0.5, 0.6) is 0 Å². The van der Waals surface area contributed by atoms with E-state index in [0.717, 1.165) is 26.3 Å². The minimum absolute atomic E-state index is 0.375. The molecule has 1 aliphatic rings. The fourth-order valence-electron chi connectivity index (χ4n) is 1.45. The molecule has 0 aromatic heterocycles. The first-order valence-electron chi connectivity index (χ1n) is 5.62. The summed E-state index contributed by atoms with van der Waals surface area (Å²) in [6.45, 7) is 9.88. The van der Waals surface area contributed by atoms with E-state index in [1.165, 1.54) is 12.8 Å². The van der Waals surface area contributed by atoms with Gasteiger partial charge in [-0.3, -0.25) is 0 Å². The van der Waals surface area contributed by atoms with Gasteiger partial charge in [0.15, 0.2) is 5.79 Å². The SMILES string of the molecule is CCCCNCC1COC(C)(C)OC1. The van der Waals surface area contributed by atoms with Gasteiger partial charge in [0.1, 0.15) is 0 Å². The number of unbranched alkanes of at least 4 members (excludes halogenated alkanes) is 1. The summed E-state index contributed by atoms with van der Waals surface area (Å²) in [6, 6.07) is 0. The zero-order valence-electron chi connectivity index (χ0n) is 9.64. The lowest BCUT2D eigenvalue weighted by Crippen LogP contribution is -2.42. The second-order valence-electron chi connectivity index (χ2n) is 4.45. The minimum Gasteiger partial charge on any atom is -0.350 e. The van der Waals surface area contributed by atoms with E-state index >= 15 is 0 Å². The first-order chi connectivity index (χ1) is 6.64. The molecule has 0 aliphatic carbocycles. The van der Waals surface area contributed by atoms with Crippen molar-refractivity contribution in [3.8, 4) is 0 Å². The van der Waals surface area contributed by atoms with Crippen molar-refractivity contribution in [3.63, 3.8) is 0 Å². The minimum atomic E-state index is -0.375. The Bertz CT molecular complexity index is 149. The van der Waals surface area contributed by atoms with Gasteiger partial charge in [-0.05, 0) is 26.8 Å². The summed E-state index contributed by atoms with van der Waals surface area (Å²) in [4.78, 5) is 0. The van der Waals surface area contributed by atoms with E-state index in [-0.39, 0.29) is 5.79 Å². The summed E-state index contributed by atoms with van der Waals surface area (Å²) in [5.41, 5.74) is 0. The molecule has 0 aromatic carbocycles. The molecule has 1 aliphatic heterocycles. The van der Waals surface area contributed by atoms with E-state index in [9.17, 15) is 0 Å². The van der Waals surface area contributed by atoms with E-state index in [2.05, 4.69) is 12.2 Å². The molecule has 14 heavy (non-hydrogen) atoms. The second-order valence-corrected chi connectivity index (χ2v) is 4.45. The monoisotopic (exact) mass is 201 g/mol. The van der Waals surface area contributed by atoms with Crippen molar-refractivity contribution in [2.24, 2.45) is 5.92 Å². The van der Waals surface area contributed by atoms with Crippen molar-refractivity contribution >= 4 is 0 Å². The zero-order valence-corrected chi connectivity index (χ0v) is 9.64. The van der Waals surface area contributed by atoms with Gasteiger partial charge in [-0.2, -0.15) is 0 Å². The molecule has 0 radical (unpaired) electrons. The van der Waals surface area contributed by atoms with Crippen LogP contribution >= 0.6 is 0 Å². The molecule has 0 atom stereocenters. The first kappa shape index (κ1) is 12.0. The molecule has 0 amide bonds. The Balaban J connectivity index is 2.04. The molecule has 1 saturated heterocycles. The van der Waals surface area contributed by atoms with Crippen LogP contribution in [0.4, 0.5) is 0 Å². The molecule has 0 unspecified atom stereocenters. The number of nitrogens with one attached hydrogen (secondary N) is 1. The van der Waals surface area contributed by atoms with E-state index in [1.54, 1.807) is 0 Å². The molecular weight excluding hydrogens is 178 g/mol. The predicted octanol–water partition coefficient (Wildman–Crippen LogP) is 1.78. The van der Waals surface area contributed by atoms with Crippen LogP contribution in [-0.2, 0) is 9.47 Å². The highest BCUT2D eigenvalue weighted by Crippen LogP contribution is 2.19.